The number of benzene rings is 1. The number of aromatic nitrogens is 2. The molecule has 2 amide bonds. The van der Waals surface area contributed by atoms with E-state index in [1.165, 1.54) is 24.3 Å². The van der Waals surface area contributed by atoms with E-state index >= 15 is 0 Å². The summed E-state index contributed by atoms with van der Waals surface area (Å²) in [7, 11) is 0. The number of fused-ring (bicyclic) bond motifs is 1. The van der Waals surface area contributed by atoms with Crippen molar-refractivity contribution in [3.8, 4) is 0 Å². The van der Waals surface area contributed by atoms with Crippen LogP contribution in [0.2, 0.25) is 0 Å². The van der Waals surface area contributed by atoms with Gasteiger partial charge in [0.2, 0.25) is 5.91 Å². The van der Waals surface area contributed by atoms with Gasteiger partial charge >= 0.3 is 0 Å². The number of nitrogens with one attached hydrogen (secondary N) is 1. The summed E-state index contributed by atoms with van der Waals surface area (Å²) in [6, 6.07) is 4.61. The molecule has 0 radical (unpaired) electrons. The highest BCUT2D eigenvalue weighted by Crippen LogP contribution is 2.22. The monoisotopic (exact) mass is 339 g/mol. The maximum atomic E-state index is 13.0. The summed E-state index contributed by atoms with van der Waals surface area (Å²) in [6.45, 7) is -1.82. The van der Waals surface area contributed by atoms with Gasteiger partial charge in [-0.2, -0.15) is 5.10 Å². The minimum atomic E-state index is -3.61. The van der Waals surface area contributed by atoms with E-state index in [1.807, 2.05) is 0 Å². The molecule has 6 nitrogen and oxygen atoms in total. The van der Waals surface area contributed by atoms with Crippen LogP contribution in [0.25, 0.3) is 10.9 Å². The van der Waals surface area contributed by atoms with Crippen LogP contribution in [0.15, 0.2) is 24.3 Å². The third kappa shape index (κ3) is 3.75. The van der Waals surface area contributed by atoms with Crippen molar-refractivity contribution in [3.05, 3.63) is 30.0 Å². The van der Waals surface area contributed by atoms with Crippen molar-refractivity contribution in [2.75, 3.05) is 0 Å². The first-order chi connectivity index (χ1) is 14.7. The van der Waals surface area contributed by atoms with Gasteiger partial charge in [-0.1, -0.05) is 52.2 Å². The lowest BCUT2D eigenvalue weighted by molar-refractivity contribution is -0.122. The van der Waals surface area contributed by atoms with Crippen LogP contribution in [0.4, 0.5) is 0 Å². The topological polar surface area (TPSA) is 90.0 Å². The first-order valence-electron chi connectivity index (χ1n) is 11.8. The molecule has 0 aliphatic heterocycles. The Hall–Kier alpha value is -2.37. The number of nitrogens with two attached hydrogens (primary N) is 1. The van der Waals surface area contributed by atoms with Crippen LogP contribution in [0.1, 0.15) is 63.2 Å². The molecular weight excluding hydrogens is 304 g/mol. The maximum absolute atomic E-state index is 13.0. The Kier molecular flexibility index (Phi) is 2.69. The van der Waals surface area contributed by atoms with Crippen LogP contribution >= 0.6 is 0 Å². The molecule has 0 aliphatic carbocycles. The van der Waals surface area contributed by atoms with Gasteiger partial charge in [0.1, 0.15) is 6.04 Å². The van der Waals surface area contributed by atoms with E-state index in [0.29, 0.717) is 4.68 Å². The summed E-state index contributed by atoms with van der Waals surface area (Å²) in [4.78, 5) is 24.8. The predicted octanol–water partition coefficient (Wildman–Crippen LogP) is 2.47. The summed E-state index contributed by atoms with van der Waals surface area (Å²) in [6.07, 6.45) is -7.21. The van der Waals surface area contributed by atoms with E-state index in [9.17, 15) is 9.59 Å². The van der Waals surface area contributed by atoms with Gasteiger partial charge in [0, 0.05) is 21.5 Å². The van der Waals surface area contributed by atoms with E-state index in [1.54, 1.807) is 20.8 Å². The average molecular weight is 339 g/mol. The van der Waals surface area contributed by atoms with Crippen LogP contribution in [-0.4, -0.2) is 27.6 Å². The first-order valence-corrected chi connectivity index (χ1v) is 7.26. The van der Waals surface area contributed by atoms with Gasteiger partial charge in [0.15, 0.2) is 5.69 Å². The zero-order chi connectivity index (χ0) is 25.8. The normalized spacial score (nSPS) is 20.9. The molecule has 1 aromatic heterocycles. The highest BCUT2D eigenvalue weighted by molar-refractivity contribution is 6.06. The molecule has 0 spiro atoms. The molecular formula is C18H26N4O2. The number of rotatable bonds is 6. The van der Waals surface area contributed by atoms with E-state index in [2.05, 4.69) is 10.4 Å². The molecule has 1 aromatic carbocycles. The Morgan fingerprint density at radius 2 is 2.12 bits per heavy atom. The van der Waals surface area contributed by atoms with Crippen molar-refractivity contribution < 1.29 is 21.9 Å². The molecule has 1 heterocycles. The van der Waals surface area contributed by atoms with Crippen LogP contribution in [-0.2, 0) is 11.3 Å². The fourth-order valence-corrected chi connectivity index (χ4v) is 2.31. The Balaban J connectivity index is 2.68. The van der Waals surface area contributed by atoms with Gasteiger partial charge in [-0.15, -0.1) is 0 Å². The van der Waals surface area contributed by atoms with Gasteiger partial charge in [0.05, 0.1) is 8.26 Å². The van der Waals surface area contributed by atoms with Crippen molar-refractivity contribution in [1.29, 1.82) is 0 Å². The molecule has 1 atom stereocenters. The van der Waals surface area contributed by atoms with Gasteiger partial charge in [-0.3, -0.25) is 14.3 Å². The average Bonchev–Trinajstić information content (AvgIpc) is 3.04. The van der Waals surface area contributed by atoms with Crippen molar-refractivity contribution in [2.45, 2.75) is 52.9 Å². The molecule has 0 bridgehead atoms. The van der Waals surface area contributed by atoms with E-state index in [0.717, 1.165) is 0 Å². The largest absolute Gasteiger partial charge is 0.368 e. The van der Waals surface area contributed by atoms with Gasteiger partial charge in [-0.25, -0.2) is 0 Å². The lowest BCUT2D eigenvalue weighted by atomic mass is 9.86. The fourth-order valence-electron chi connectivity index (χ4n) is 2.31. The molecule has 0 unspecified atom stereocenters. The smallest absolute Gasteiger partial charge is 0.273 e. The summed E-state index contributed by atoms with van der Waals surface area (Å²) < 4.78 is 71.1. The fraction of sp³-hybridized carbons (Fsp3) is 0.500. The molecule has 0 fully saturated rings. The Labute approximate surface area is 155 Å². The molecule has 130 valence electrons. The van der Waals surface area contributed by atoms with Crippen molar-refractivity contribution >= 4 is 22.7 Å². The molecule has 2 rings (SSSR count). The number of primary amides is 1. The number of nitrogens with zero attached hydrogens (tertiary/aromatic N) is 2. The second-order valence-electron chi connectivity index (χ2n) is 6.31. The van der Waals surface area contributed by atoms with Crippen molar-refractivity contribution in [2.24, 2.45) is 11.1 Å². The number of hydrogen-bond donors (Lipinski definition) is 2. The highest BCUT2D eigenvalue weighted by atomic mass is 16.2. The Morgan fingerprint density at radius 3 is 2.75 bits per heavy atom. The molecule has 24 heavy (non-hydrogen) atoms. The second kappa shape index (κ2) is 7.03. The number of hydrogen-bond acceptors (Lipinski definition) is 3. The Bertz CT molecular complexity index is 1070. The summed E-state index contributed by atoms with van der Waals surface area (Å²) in [5.41, 5.74) is 4.19. The zero-order valence-corrected chi connectivity index (χ0v) is 13.7. The summed E-state index contributed by atoms with van der Waals surface area (Å²) in [5.74, 6) is -1.70. The number of aryl methyl sites for hydroxylation is 1. The molecule has 0 aliphatic rings. The van der Waals surface area contributed by atoms with Crippen LogP contribution in [0.3, 0.4) is 0 Å². The van der Waals surface area contributed by atoms with Crippen LogP contribution in [0, 0.1) is 5.41 Å². The highest BCUT2D eigenvalue weighted by Gasteiger charge is 2.32. The van der Waals surface area contributed by atoms with Gasteiger partial charge in [-0.05, 0) is 17.9 Å². The summed E-state index contributed by atoms with van der Waals surface area (Å²) >= 11 is 0. The number of carbonyl (C=O) groups excluding carboxylic acids is 2. The molecule has 2 aromatic rings. The third-order valence-corrected chi connectivity index (χ3v) is 3.45. The first kappa shape index (κ1) is 9.20. The minimum absolute atomic E-state index is 0.0794. The van der Waals surface area contributed by atoms with E-state index < -0.39 is 49.4 Å². The Morgan fingerprint density at radius 1 is 1.42 bits per heavy atom. The van der Waals surface area contributed by atoms with Crippen LogP contribution in [0.5, 0.6) is 0 Å². The molecule has 3 N–H and O–H groups in total. The quantitative estimate of drug-likeness (QED) is 0.847. The maximum Gasteiger partial charge on any atom is 0.273 e. The van der Waals surface area contributed by atoms with E-state index in [4.69, 9.17) is 18.1 Å². The van der Waals surface area contributed by atoms with Crippen LogP contribution < -0.4 is 11.1 Å². The van der Waals surface area contributed by atoms with E-state index in [-0.39, 0.29) is 16.6 Å². The lowest BCUT2D eigenvalue weighted by Crippen LogP contribution is -2.52. The van der Waals surface area contributed by atoms with Crippen molar-refractivity contribution in [1.82, 2.24) is 15.1 Å². The summed E-state index contributed by atoms with van der Waals surface area (Å²) in [5, 5.41) is 6.44. The molecule has 6 heteroatoms. The standard InChI is InChI=1S/C18H26N4O2/c1-5-6-11-22-13-10-8-7-9-12(13)14(21-22)17(24)20-15(16(19)23)18(2,3)4/h7-10,15H,5-6,11H2,1-4H3,(H2,19,23)(H,20,24)/t15-/m1/s1/i1D3,5D2,6D2,11D2. The predicted molar refractivity (Wildman–Crippen MR) is 94.5 cm³/mol. The number of para-hydroxylation sites is 1. The third-order valence-electron chi connectivity index (χ3n) is 3.45. The molecule has 0 saturated heterocycles. The number of amides is 2. The molecule has 0 saturated carbocycles. The SMILES string of the molecule is [2H]C([2H])([2H])C([2H])([2H])C([2H])([2H])C([2H])([2H])n1nc(C(=O)N[C@H](C(N)=O)C(C)(C)C)c2ccccc21. The zero-order valence-electron chi connectivity index (χ0n) is 22.7. The van der Waals surface area contributed by atoms with Crippen molar-refractivity contribution in [3.63, 3.8) is 0 Å². The second-order valence-corrected chi connectivity index (χ2v) is 6.31. The number of carbonyl (C=O) groups is 2. The lowest BCUT2D eigenvalue weighted by Gasteiger charge is -2.28. The van der Waals surface area contributed by atoms with Gasteiger partial charge in [0.25, 0.3) is 5.91 Å². The minimum Gasteiger partial charge on any atom is -0.368 e. The van der Waals surface area contributed by atoms with Gasteiger partial charge < -0.3 is 11.1 Å².